The lowest BCUT2D eigenvalue weighted by Crippen LogP contribution is -2.33. The topological polar surface area (TPSA) is 104 Å². The minimum absolute atomic E-state index is 0.191. The van der Waals surface area contributed by atoms with Crippen molar-refractivity contribution in [2.45, 2.75) is 40.7 Å². The molecular weight excluding hydrogens is 450 g/mol. The summed E-state index contributed by atoms with van der Waals surface area (Å²) in [5, 5.41) is 12.5. The highest BCUT2D eigenvalue weighted by molar-refractivity contribution is 5.96. The molecule has 0 unspecified atom stereocenters. The quantitative estimate of drug-likeness (QED) is 0.243. The fraction of sp³-hybridized carbons (Fsp3) is 0.214. The molecule has 4 rings (SSSR count). The molecule has 4 N–H and O–H groups in total. The summed E-state index contributed by atoms with van der Waals surface area (Å²) in [5.41, 5.74) is 6.93. The van der Waals surface area contributed by atoms with Crippen LogP contribution in [0.2, 0.25) is 0 Å². The van der Waals surface area contributed by atoms with Crippen molar-refractivity contribution < 1.29 is 4.79 Å². The maximum atomic E-state index is 12.9. The summed E-state index contributed by atoms with van der Waals surface area (Å²) in [6.45, 7) is 9.82. The van der Waals surface area contributed by atoms with Gasteiger partial charge in [0.25, 0.3) is 0 Å². The van der Waals surface area contributed by atoms with Crippen LogP contribution in [0.1, 0.15) is 29.2 Å². The van der Waals surface area contributed by atoms with E-state index in [-0.39, 0.29) is 11.9 Å². The third kappa shape index (κ3) is 6.56. The van der Waals surface area contributed by atoms with Crippen LogP contribution in [0.4, 0.5) is 34.9 Å². The Morgan fingerprint density at radius 3 is 1.64 bits per heavy atom. The smallest absolute Gasteiger partial charge is 0.246 e. The number of hydrogen-bond donors (Lipinski definition) is 4. The molecule has 0 aliphatic carbocycles. The van der Waals surface area contributed by atoms with Crippen LogP contribution in [-0.2, 0) is 4.79 Å². The van der Waals surface area contributed by atoms with Crippen molar-refractivity contribution in [3.8, 4) is 0 Å². The number of amides is 1. The number of aryl methyl sites for hydroxylation is 4. The second kappa shape index (κ2) is 10.9. The number of hydrogen-bond acceptors (Lipinski definition) is 7. The standard InChI is InChI=1S/C28H31N7O/c1-17-6-11-22(12-7-17)30-27-33-26(34-28(35-27)31-23-13-8-18(2)9-14-23)29-21(5)25(36)32-24-15-10-19(3)16-20(24)4/h6-16,21H,1-5H3,(H,32,36)(H3,29,30,31,33,34,35)/t21-/m1/s1. The van der Waals surface area contributed by atoms with Gasteiger partial charge in [-0.15, -0.1) is 0 Å². The fourth-order valence-corrected chi connectivity index (χ4v) is 3.54. The molecule has 0 aliphatic heterocycles. The minimum atomic E-state index is -0.590. The lowest BCUT2D eigenvalue weighted by atomic mass is 10.1. The molecule has 4 aromatic rings. The van der Waals surface area contributed by atoms with Crippen LogP contribution in [-0.4, -0.2) is 26.9 Å². The van der Waals surface area contributed by atoms with Gasteiger partial charge in [-0.2, -0.15) is 15.0 Å². The zero-order valence-electron chi connectivity index (χ0n) is 21.2. The molecule has 0 aliphatic rings. The molecule has 36 heavy (non-hydrogen) atoms. The van der Waals surface area contributed by atoms with Gasteiger partial charge < -0.3 is 21.3 Å². The van der Waals surface area contributed by atoms with E-state index in [4.69, 9.17) is 0 Å². The summed E-state index contributed by atoms with van der Waals surface area (Å²) in [6.07, 6.45) is 0. The first-order chi connectivity index (χ1) is 17.2. The highest BCUT2D eigenvalue weighted by Crippen LogP contribution is 2.21. The van der Waals surface area contributed by atoms with Gasteiger partial charge in [0.2, 0.25) is 23.8 Å². The van der Waals surface area contributed by atoms with E-state index in [0.717, 1.165) is 39.3 Å². The summed E-state index contributed by atoms with van der Waals surface area (Å²) in [4.78, 5) is 26.4. The molecule has 0 bridgehead atoms. The molecule has 1 atom stereocenters. The zero-order chi connectivity index (χ0) is 25.7. The first-order valence-electron chi connectivity index (χ1n) is 11.8. The van der Waals surface area contributed by atoms with E-state index in [2.05, 4.69) is 36.2 Å². The maximum absolute atomic E-state index is 12.9. The molecule has 1 aromatic heterocycles. The van der Waals surface area contributed by atoms with Gasteiger partial charge in [0.05, 0.1) is 0 Å². The van der Waals surface area contributed by atoms with Crippen molar-refractivity contribution >= 4 is 40.8 Å². The van der Waals surface area contributed by atoms with Gasteiger partial charge in [0.15, 0.2) is 0 Å². The Kier molecular flexibility index (Phi) is 7.44. The van der Waals surface area contributed by atoms with Gasteiger partial charge in [-0.3, -0.25) is 4.79 Å². The van der Waals surface area contributed by atoms with Crippen LogP contribution < -0.4 is 21.3 Å². The third-order valence-corrected chi connectivity index (χ3v) is 5.63. The zero-order valence-corrected chi connectivity index (χ0v) is 21.2. The van der Waals surface area contributed by atoms with E-state index in [1.54, 1.807) is 6.92 Å². The first-order valence-corrected chi connectivity index (χ1v) is 11.8. The van der Waals surface area contributed by atoms with Crippen molar-refractivity contribution in [3.63, 3.8) is 0 Å². The number of benzene rings is 3. The predicted octanol–water partition coefficient (Wildman–Crippen LogP) is 6.03. The van der Waals surface area contributed by atoms with Gasteiger partial charge >= 0.3 is 0 Å². The number of carbonyl (C=O) groups is 1. The Hall–Kier alpha value is -4.46. The number of carbonyl (C=O) groups excluding carboxylic acids is 1. The molecule has 184 valence electrons. The Labute approximate surface area is 211 Å². The lowest BCUT2D eigenvalue weighted by Gasteiger charge is -2.17. The SMILES string of the molecule is Cc1ccc(Nc2nc(Nc3ccc(C)cc3)nc(N[C@H](C)C(=O)Nc3ccc(C)cc3C)n2)cc1. The van der Waals surface area contributed by atoms with Crippen LogP contribution in [0.3, 0.4) is 0 Å². The normalized spacial score (nSPS) is 11.5. The van der Waals surface area contributed by atoms with Gasteiger partial charge in [-0.1, -0.05) is 53.1 Å². The van der Waals surface area contributed by atoms with Crippen LogP contribution >= 0.6 is 0 Å². The first kappa shape index (κ1) is 24.7. The molecular formula is C28H31N7O. The number of rotatable bonds is 8. The van der Waals surface area contributed by atoms with Gasteiger partial charge in [-0.05, 0) is 70.5 Å². The summed E-state index contributed by atoms with van der Waals surface area (Å²) >= 11 is 0. The number of anilines is 6. The average Bonchev–Trinajstić information content (AvgIpc) is 2.83. The molecule has 8 heteroatoms. The summed E-state index contributed by atoms with van der Waals surface area (Å²) in [6, 6.07) is 21.2. The molecule has 0 saturated heterocycles. The Bertz CT molecular complexity index is 1290. The van der Waals surface area contributed by atoms with Crippen LogP contribution in [0, 0.1) is 27.7 Å². The monoisotopic (exact) mass is 481 g/mol. The molecule has 1 amide bonds. The third-order valence-electron chi connectivity index (χ3n) is 5.63. The molecule has 0 spiro atoms. The van der Waals surface area contributed by atoms with Crippen molar-refractivity contribution in [2.75, 3.05) is 21.3 Å². The van der Waals surface area contributed by atoms with Crippen LogP contribution in [0.25, 0.3) is 0 Å². The van der Waals surface area contributed by atoms with Crippen LogP contribution in [0.15, 0.2) is 66.7 Å². The number of aromatic nitrogens is 3. The summed E-state index contributed by atoms with van der Waals surface area (Å²) in [5.74, 6) is 0.793. The molecule has 3 aromatic carbocycles. The van der Waals surface area contributed by atoms with Gasteiger partial charge in [0.1, 0.15) is 6.04 Å². The molecule has 1 heterocycles. The molecule has 0 radical (unpaired) electrons. The van der Waals surface area contributed by atoms with Crippen molar-refractivity contribution in [2.24, 2.45) is 0 Å². The van der Waals surface area contributed by atoms with Crippen molar-refractivity contribution in [1.29, 1.82) is 0 Å². The van der Waals surface area contributed by atoms with E-state index in [9.17, 15) is 4.79 Å². The number of nitrogens with zero attached hydrogens (tertiary/aromatic N) is 3. The number of nitrogens with one attached hydrogen (secondary N) is 4. The van der Waals surface area contributed by atoms with E-state index < -0.39 is 6.04 Å². The van der Waals surface area contributed by atoms with Gasteiger partial charge in [-0.25, -0.2) is 0 Å². The second-order valence-electron chi connectivity index (χ2n) is 8.96. The fourth-order valence-electron chi connectivity index (χ4n) is 3.54. The highest BCUT2D eigenvalue weighted by Gasteiger charge is 2.17. The predicted molar refractivity (Wildman–Crippen MR) is 146 cm³/mol. The van der Waals surface area contributed by atoms with Crippen LogP contribution in [0.5, 0.6) is 0 Å². The largest absolute Gasteiger partial charge is 0.342 e. The van der Waals surface area contributed by atoms with E-state index >= 15 is 0 Å². The van der Waals surface area contributed by atoms with E-state index in [0.29, 0.717) is 11.9 Å². The second-order valence-corrected chi connectivity index (χ2v) is 8.96. The molecule has 0 saturated carbocycles. The maximum Gasteiger partial charge on any atom is 0.246 e. The summed E-state index contributed by atoms with van der Waals surface area (Å²) < 4.78 is 0. The van der Waals surface area contributed by atoms with E-state index in [1.165, 1.54) is 0 Å². The Balaban J connectivity index is 1.55. The average molecular weight is 482 g/mol. The minimum Gasteiger partial charge on any atom is -0.342 e. The van der Waals surface area contributed by atoms with Gasteiger partial charge in [0, 0.05) is 17.1 Å². The lowest BCUT2D eigenvalue weighted by molar-refractivity contribution is -0.116. The summed E-state index contributed by atoms with van der Waals surface area (Å²) in [7, 11) is 0. The van der Waals surface area contributed by atoms with E-state index in [1.807, 2.05) is 94.4 Å². The molecule has 0 fully saturated rings. The van der Waals surface area contributed by atoms with Crippen molar-refractivity contribution in [3.05, 3.63) is 89.0 Å². The Morgan fingerprint density at radius 2 is 1.14 bits per heavy atom. The van der Waals surface area contributed by atoms with Crippen molar-refractivity contribution in [1.82, 2.24) is 15.0 Å². The molecule has 8 nitrogen and oxygen atoms in total. The highest BCUT2D eigenvalue weighted by atomic mass is 16.2. The Morgan fingerprint density at radius 1 is 0.667 bits per heavy atom.